The zero-order valence-electron chi connectivity index (χ0n) is 37.2. The summed E-state index contributed by atoms with van der Waals surface area (Å²) < 4.78 is 45.6. The van der Waals surface area contributed by atoms with Gasteiger partial charge in [-0.1, -0.05) is 47.6 Å². The Hall–Kier alpha value is -4.77. The van der Waals surface area contributed by atoms with Gasteiger partial charge in [-0.05, 0) is 77.3 Å². The van der Waals surface area contributed by atoms with Crippen LogP contribution >= 0.6 is 11.3 Å². The normalized spacial score (nSPS) is 23.9. The molecular weight excluding hydrogens is 821 g/mol. The van der Waals surface area contributed by atoms with E-state index in [0.29, 0.717) is 45.9 Å². The van der Waals surface area contributed by atoms with Gasteiger partial charge in [-0.2, -0.15) is 0 Å². The number of benzene rings is 1. The molecule has 6 atom stereocenters. The summed E-state index contributed by atoms with van der Waals surface area (Å²) in [5.74, 6) is -2.10. The minimum absolute atomic E-state index is 0.0828. The van der Waals surface area contributed by atoms with Crippen molar-refractivity contribution in [3.05, 3.63) is 47.5 Å². The second kappa shape index (κ2) is 16.2. The molecule has 17 heteroatoms. The van der Waals surface area contributed by atoms with Crippen LogP contribution in [0.3, 0.4) is 0 Å². The molecule has 1 aliphatic heterocycles. The number of amides is 4. The van der Waals surface area contributed by atoms with Crippen molar-refractivity contribution in [1.29, 1.82) is 0 Å². The summed E-state index contributed by atoms with van der Waals surface area (Å²) >= 11 is 1.46. The highest BCUT2D eigenvalue weighted by Crippen LogP contribution is 2.48. The highest BCUT2D eigenvalue weighted by Gasteiger charge is 2.63. The average molecular weight is 881 g/mol. The number of sulfonamides is 1. The highest BCUT2D eigenvalue weighted by atomic mass is 32.2. The van der Waals surface area contributed by atoms with Gasteiger partial charge in [-0.15, -0.1) is 17.9 Å². The van der Waals surface area contributed by atoms with E-state index in [1.54, 1.807) is 62.5 Å². The Balaban J connectivity index is 1.40. The summed E-state index contributed by atoms with van der Waals surface area (Å²) in [6.45, 7) is 23.6. The molecule has 61 heavy (non-hydrogen) atoms. The van der Waals surface area contributed by atoms with Crippen LogP contribution in [0.2, 0.25) is 0 Å². The fourth-order valence-corrected chi connectivity index (χ4v) is 9.95. The third kappa shape index (κ3) is 9.09. The van der Waals surface area contributed by atoms with Crippen LogP contribution in [0.1, 0.15) is 106 Å². The van der Waals surface area contributed by atoms with Crippen molar-refractivity contribution in [3.8, 4) is 22.2 Å². The average Bonchev–Trinajstić information content (AvgIpc) is 3.98. The Morgan fingerprint density at radius 3 is 2.28 bits per heavy atom. The summed E-state index contributed by atoms with van der Waals surface area (Å²) in [5, 5.41) is 8.98. The number of aryl methyl sites for hydroxylation is 1. The van der Waals surface area contributed by atoms with Crippen LogP contribution in [0.5, 0.6) is 11.5 Å². The molecule has 6 rings (SSSR count). The number of nitrogens with one attached hydrogen (secondary N) is 3. The first kappa shape index (κ1) is 45.7. The van der Waals surface area contributed by atoms with E-state index in [9.17, 15) is 27.6 Å². The maximum Gasteiger partial charge on any atom is 0.408 e. The molecule has 3 N–H and O–H groups in total. The number of hydrogen-bond donors (Lipinski definition) is 3. The standard InChI is InChI=1S/C44H60N6O9S2/c1-14-26-20-44(26,39(53)49-61(55,56)43(12)17-18-43)48-36(51)34-25(5)32(21-50(34)38(52)35(41(6,7)8)47-40(54)59-42(9,10)11)58-31-19-28(37-46-29(22-60-37)23(2)3)45-33-24(4)30(57-13)16-15-27(31)33/h14-16,19,22-23,25-26,32,34-35H,1,17-18,20-21H2,2-13H3,(H,47,54)(H,48,51)(H,49,53)/t25-,26+,32-,34-,35+,44+/m0/s1. The molecule has 1 saturated heterocycles. The minimum Gasteiger partial charge on any atom is -0.496 e. The summed E-state index contributed by atoms with van der Waals surface area (Å²) in [4.78, 5) is 68.0. The maximum atomic E-state index is 14.9. The van der Waals surface area contributed by atoms with Crippen molar-refractivity contribution in [2.45, 2.75) is 135 Å². The van der Waals surface area contributed by atoms with Gasteiger partial charge in [0.2, 0.25) is 21.8 Å². The molecule has 2 aliphatic carbocycles. The number of nitrogens with zero attached hydrogens (tertiary/aromatic N) is 3. The van der Waals surface area contributed by atoms with Crippen LogP contribution in [-0.4, -0.2) is 94.8 Å². The molecule has 2 aromatic heterocycles. The number of fused-ring (bicyclic) bond motifs is 1. The molecule has 15 nitrogen and oxygen atoms in total. The minimum atomic E-state index is -4.04. The molecule has 0 radical (unpaired) electrons. The van der Waals surface area contributed by atoms with Crippen LogP contribution in [0, 0.1) is 24.2 Å². The molecule has 332 valence electrons. The molecule has 0 bridgehead atoms. The Morgan fingerprint density at radius 1 is 1.07 bits per heavy atom. The second-order valence-corrected chi connectivity index (χ2v) is 22.4. The fraction of sp³-hybridized carbons (Fsp3) is 0.591. The van der Waals surface area contributed by atoms with Crippen LogP contribution in [0.15, 0.2) is 36.2 Å². The number of aromatic nitrogens is 2. The van der Waals surface area contributed by atoms with Crippen molar-refractivity contribution in [2.75, 3.05) is 13.7 Å². The molecule has 0 unspecified atom stereocenters. The van der Waals surface area contributed by atoms with Crippen molar-refractivity contribution < 1.29 is 41.8 Å². The Bertz CT molecular complexity index is 2360. The number of methoxy groups -OCH3 is 1. The number of carbonyl (C=O) groups excluding carboxylic acids is 4. The van der Waals surface area contributed by atoms with Gasteiger partial charge in [0.25, 0.3) is 5.91 Å². The lowest BCUT2D eigenvalue weighted by Gasteiger charge is -2.36. The molecule has 3 aliphatic rings. The number of carbonyl (C=O) groups is 4. The van der Waals surface area contributed by atoms with Gasteiger partial charge in [0.15, 0.2) is 0 Å². The lowest BCUT2D eigenvalue weighted by atomic mass is 9.85. The van der Waals surface area contributed by atoms with E-state index >= 15 is 0 Å². The number of alkyl carbamates (subject to hydrolysis) is 1. The number of ether oxygens (including phenoxy) is 3. The van der Waals surface area contributed by atoms with Crippen LogP contribution in [-0.2, 0) is 29.1 Å². The SMILES string of the molecule is C=C[C@@H]1C[C@]1(NC(=O)[C@@H]1[C@@H](C)[C@@H](Oc2cc(-c3nc(C(C)C)cs3)nc3c(C)c(OC)ccc23)CN1C(=O)[C@@H](NC(=O)OC(C)(C)C)C(C)(C)C)C(=O)NS(=O)(=O)C1(C)CC1. The fourth-order valence-electron chi connectivity index (χ4n) is 7.70. The number of likely N-dealkylation sites (tertiary alicyclic amines) is 1. The first-order valence-corrected chi connectivity index (χ1v) is 23.0. The Kier molecular flexibility index (Phi) is 12.1. The molecule has 1 aromatic carbocycles. The van der Waals surface area contributed by atoms with Crippen LogP contribution in [0.4, 0.5) is 4.79 Å². The Morgan fingerprint density at radius 2 is 1.74 bits per heavy atom. The first-order chi connectivity index (χ1) is 28.3. The molecule has 3 heterocycles. The van der Waals surface area contributed by atoms with Crippen LogP contribution in [0.25, 0.3) is 21.6 Å². The number of thiazole rings is 1. The van der Waals surface area contributed by atoms with Gasteiger partial charge in [-0.25, -0.2) is 23.2 Å². The monoisotopic (exact) mass is 880 g/mol. The van der Waals surface area contributed by atoms with Gasteiger partial charge in [0.05, 0.1) is 29.6 Å². The van der Waals surface area contributed by atoms with Gasteiger partial charge in [-0.3, -0.25) is 19.1 Å². The molecule has 4 amide bonds. The molecule has 3 aromatic rings. The maximum absolute atomic E-state index is 14.9. The van der Waals surface area contributed by atoms with E-state index < -0.39 is 85.2 Å². The third-order valence-corrected chi connectivity index (χ3v) is 15.0. The van der Waals surface area contributed by atoms with Gasteiger partial charge in [0.1, 0.15) is 51.5 Å². The van der Waals surface area contributed by atoms with Gasteiger partial charge in [0, 0.05) is 34.2 Å². The predicted molar refractivity (Wildman–Crippen MR) is 234 cm³/mol. The van der Waals surface area contributed by atoms with E-state index in [2.05, 4.69) is 35.8 Å². The topological polar surface area (TPSA) is 195 Å². The van der Waals surface area contributed by atoms with Crippen LogP contribution < -0.4 is 24.8 Å². The zero-order valence-corrected chi connectivity index (χ0v) is 38.9. The van der Waals surface area contributed by atoms with Crippen molar-refractivity contribution >= 4 is 56.1 Å². The second-order valence-electron chi connectivity index (χ2n) is 19.3. The quantitative estimate of drug-likeness (QED) is 0.161. The predicted octanol–water partition coefficient (Wildman–Crippen LogP) is 6.39. The van der Waals surface area contributed by atoms with E-state index in [-0.39, 0.29) is 18.9 Å². The summed E-state index contributed by atoms with van der Waals surface area (Å²) in [5.41, 5.74) is -0.415. The Labute approximate surface area is 362 Å². The molecule has 3 fully saturated rings. The van der Waals surface area contributed by atoms with E-state index in [1.807, 2.05) is 30.5 Å². The highest BCUT2D eigenvalue weighted by molar-refractivity contribution is 7.91. The van der Waals surface area contributed by atoms with Gasteiger partial charge < -0.3 is 29.7 Å². The van der Waals surface area contributed by atoms with Crippen molar-refractivity contribution in [1.82, 2.24) is 30.2 Å². The largest absolute Gasteiger partial charge is 0.496 e. The smallest absolute Gasteiger partial charge is 0.408 e. The van der Waals surface area contributed by atoms with E-state index in [1.165, 1.54) is 22.3 Å². The number of rotatable bonds is 13. The lowest BCUT2D eigenvalue weighted by Crippen LogP contribution is -2.61. The summed E-state index contributed by atoms with van der Waals surface area (Å²) in [6, 6.07) is 3.11. The summed E-state index contributed by atoms with van der Waals surface area (Å²) in [6.07, 6.45) is 0.847. The molecular formula is C44H60N6O9S2. The zero-order chi connectivity index (χ0) is 45.2. The first-order valence-electron chi connectivity index (χ1n) is 20.7. The van der Waals surface area contributed by atoms with E-state index in [4.69, 9.17) is 24.2 Å². The number of hydrogen-bond acceptors (Lipinski definition) is 12. The lowest BCUT2D eigenvalue weighted by molar-refractivity contribution is -0.143. The molecule has 0 spiro atoms. The molecule has 2 saturated carbocycles. The van der Waals surface area contributed by atoms with Gasteiger partial charge >= 0.3 is 6.09 Å². The number of pyridine rings is 1. The van der Waals surface area contributed by atoms with Crippen molar-refractivity contribution in [2.24, 2.45) is 17.3 Å². The van der Waals surface area contributed by atoms with E-state index in [0.717, 1.165) is 11.3 Å². The third-order valence-electron chi connectivity index (χ3n) is 12.0. The van der Waals surface area contributed by atoms with Crippen molar-refractivity contribution in [3.63, 3.8) is 0 Å². The summed E-state index contributed by atoms with van der Waals surface area (Å²) in [7, 11) is -2.45.